The second-order valence-corrected chi connectivity index (χ2v) is 8.65. The molecule has 0 saturated carbocycles. The Morgan fingerprint density at radius 1 is 1.18 bits per heavy atom. The highest BCUT2D eigenvalue weighted by Crippen LogP contribution is 2.32. The fourth-order valence-corrected chi connectivity index (χ4v) is 4.04. The number of rotatable bonds is 2. The van der Waals surface area contributed by atoms with Gasteiger partial charge in [-0.05, 0) is 27.7 Å². The summed E-state index contributed by atoms with van der Waals surface area (Å²) in [7, 11) is 0. The van der Waals surface area contributed by atoms with Gasteiger partial charge in [-0.15, -0.1) is 21.5 Å². The first-order valence-electron chi connectivity index (χ1n) is 9.27. The summed E-state index contributed by atoms with van der Waals surface area (Å²) in [6.45, 7) is 8.71. The average molecular weight is 398 g/mol. The Balaban J connectivity index is 1.59. The van der Waals surface area contributed by atoms with Gasteiger partial charge in [0.2, 0.25) is 0 Å². The minimum atomic E-state index is -0.526. The zero-order valence-electron chi connectivity index (χ0n) is 16.4. The van der Waals surface area contributed by atoms with Gasteiger partial charge in [0.15, 0.2) is 11.6 Å². The van der Waals surface area contributed by atoms with E-state index in [1.54, 1.807) is 16.2 Å². The van der Waals surface area contributed by atoms with Crippen molar-refractivity contribution < 1.29 is 9.53 Å². The Kier molecular flexibility index (Phi) is 4.66. The van der Waals surface area contributed by atoms with Gasteiger partial charge in [-0.1, -0.05) is 30.3 Å². The number of hydrogen-bond donors (Lipinski definition) is 0. The van der Waals surface area contributed by atoms with Gasteiger partial charge in [-0.2, -0.15) is 0 Å². The van der Waals surface area contributed by atoms with Gasteiger partial charge in [-0.3, -0.25) is 4.90 Å². The standard InChI is InChI=1S/C20H23N5O2S/c1-13-16-22-23-17(15-12-28-18(21-15)14-8-6-5-7-9-14)25(16)11-10-24(13)19(26)27-20(2,3)4/h5-9,12-13H,10-11H2,1-4H3. The largest absolute Gasteiger partial charge is 0.444 e. The molecule has 1 aliphatic heterocycles. The second-order valence-electron chi connectivity index (χ2n) is 7.79. The summed E-state index contributed by atoms with van der Waals surface area (Å²) in [5.74, 6) is 1.49. The minimum Gasteiger partial charge on any atom is -0.444 e. The van der Waals surface area contributed by atoms with Crippen molar-refractivity contribution in [3.8, 4) is 22.1 Å². The molecular weight excluding hydrogens is 374 g/mol. The highest BCUT2D eigenvalue weighted by atomic mass is 32.1. The molecule has 3 heterocycles. The van der Waals surface area contributed by atoms with Crippen LogP contribution in [0.3, 0.4) is 0 Å². The molecule has 1 atom stereocenters. The maximum atomic E-state index is 12.5. The van der Waals surface area contributed by atoms with Crippen LogP contribution >= 0.6 is 11.3 Å². The Hall–Kier alpha value is -2.74. The van der Waals surface area contributed by atoms with Crippen LogP contribution < -0.4 is 0 Å². The monoisotopic (exact) mass is 397 g/mol. The normalized spacial score (nSPS) is 16.7. The number of carbonyl (C=O) groups excluding carboxylic acids is 1. The van der Waals surface area contributed by atoms with Crippen molar-refractivity contribution in [1.29, 1.82) is 0 Å². The van der Waals surface area contributed by atoms with Gasteiger partial charge in [0.05, 0.1) is 6.04 Å². The summed E-state index contributed by atoms with van der Waals surface area (Å²) in [5, 5.41) is 11.7. The molecule has 7 nitrogen and oxygen atoms in total. The number of ether oxygens (including phenoxy) is 1. The fourth-order valence-electron chi connectivity index (χ4n) is 3.23. The summed E-state index contributed by atoms with van der Waals surface area (Å²) in [6, 6.07) is 9.87. The minimum absolute atomic E-state index is 0.211. The van der Waals surface area contributed by atoms with Gasteiger partial charge in [0.25, 0.3) is 0 Å². The Morgan fingerprint density at radius 3 is 2.64 bits per heavy atom. The number of nitrogens with zero attached hydrogens (tertiary/aromatic N) is 5. The molecule has 3 aromatic rings. The SMILES string of the molecule is CC1c2nnc(-c3csc(-c4ccccc4)n3)n2CCN1C(=O)OC(C)(C)C. The lowest BCUT2D eigenvalue weighted by Gasteiger charge is -2.34. The van der Waals surface area contributed by atoms with Crippen molar-refractivity contribution >= 4 is 17.4 Å². The number of amides is 1. The van der Waals surface area contributed by atoms with Crippen LogP contribution in [0.15, 0.2) is 35.7 Å². The van der Waals surface area contributed by atoms with Crippen molar-refractivity contribution in [2.45, 2.75) is 45.9 Å². The molecule has 0 fully saturated rings. The first-order valence-corrected chi connectivity index (χ1v) is 10.2. The molecule has 1 unspecified atom stereocenters. The summed E-state index contributed by atoms with van der Waals surface area (Å²) in [4.78, 5) is 19.0. The van der Waals surface area contributed by atoms with Crippen LogP contribution in [0.5, 0.6) is 0 Å². The molecule has 0 saturated heterocycles. The van der Waals surface area contributed by atoms with Crippen LogP contribution in [0.2, 0.25) is 0 Å². The molecule has 0 aliphatic carbocycles. The van der Waals surface area contributed by atoms with Crippen molar-refractivity contribution in [3.05, 3.63) is 41.5 Å². The third-order valence-corrected chi connectivity index (χ3v) is 5.46. The fraction of sp³-hybridized carbons (Fsp3) is 0.400. The van der Waals surface area contributed by atoms with Crippen molar-refractivity contribution in [2.24, 2.45) is 0 Å². The third-order valence-electron chi connectivity index (χ3n) is 4.57. The average Bonchev–Trinajstić information content (AvgIpc) is 3.28. The van der Waals surface area contributed by atoms with Gasteiger partial charge < -0.3 is 9.30 Å². The molecule has 0 N–H and O–H groups in total. The molecule has 28 heavy (non-hydrogen) atoms. The highest BCUT2D eigenvalue weighted by Gasteiger charge is 2.34. The summed E-state index contributed by atoms with van der Waals surface area (Å²) < 4.78 is 7.58. The van der Waals surface area contributed by atoms with Crippen molar-refractivity contribution in [1.82, 2.24) is 24.6 Å². The Labute approximate surface area is 168 Å². The first-order chi connectivity index (χ1) is 13.3. The molecule has 1 amide bonds. The van der Waals surface area contributed by atoms with E-state index < -0.39 is 5.60 Å². The van der Waals surface area contributed by atoms with Crippen molar-refractivity contribution in [2.75, 3.05) is 6.54 Å². The number of benzene rings is 1. The summed E-state index contributed by atoms with van der Waals surface area (Å²) in [6.07, 6.45) is -0.323. The first kappa shape index (κ1) is 18.6. The quantitative estimate of drug-likeness (QED) is 0.642. The van der Waals surface area contributed by atoms with Crippen LogP contribution in [-0.2, 0) is 11.3 Å². The van der Waals surface area contributed by atoms with E-state index in [-0.39, 0.29) is 12.1 Å². The zero-order valence-corrected chi connectivity index (χ0v) is 17.2. The van der Waals surface area contributed by atoms with Crippen LogP contribution in [0.25, 0.3) is 22.1 Å². The van der Waals surface area contributed by atoms with E-state index in [1.807, 2.05) is 63.4 Å². The highest BCUT2D eigenvalue weighted by molar-refractivity contribution is 7.13. The molecule has 4 rings (SSSR count). The van der Waals surface area contributed by atoms with E-state index in [1.165, 1.54) is 0 Å². The lowest BCUT2D eigenvalue weighted by atomic mass is 10.2. The maximum Gasteiger partial charge on any atom is 0.410 e. The lowest BCUT2D eigenvalue weighted by Crippen LogP contribution is -2.43. The van der Waals surface area contributed by atoms with E-state index in [4.69, 9.17) is 9.72 Å². The lowest BCUT2D eigenvalue weighted by molar-refractivity contribution is 0.0121. The van der Waals surface area contributed by atoms with Crippen LogP contribution in [-0.4, -0.2) is 42.9 Å². The van der Waals surface area contributed by atoms with Gasteiger partial charge in [-0.25, -0.2) is 9.78 Å². The predicted molar refractivity (Wildman–Crippen MR) is 108 cm³/mol. The topological polar surface area (TPSA) is 73.1 Å². The number of carbonyl (C=O) groups is 1. The third kappa shape index (κ3) is 3.52. The van der Waals surface area contributed by atoms with Gasteiger partial charge in [0, 0.05) is 24.0 Å². The molecule has 146 valence electrons. The summed E-state index contributed by atoms with van der Waals surface area (Å²) >= 11 is 1.59. The Morgan fingerprint density at radius 2 is 1.93 bits per heavy atom. The molecule has 0 spiro atoms. The summed E-state index contributed by atoms with van der Waals surface area (Å²) in [5.41, 5.74) is 1.36. The van der Waals surface area contributed by atoms with Crippen LogP contribution in [0.4, 0.5) is 4.79 Å². The van der Waals surface area contributed by atoms with E-state index in [0.717, 1.165) is 27.9 Å². The van der Waals surface area contributed by atoms with E-state index >= 15 is 0 Å². The van der Waals surface area contributed by atoms with E-state index in [0.29, 0.717) is 13.1 Å². The van der Waals surface area contributed by atoms with Crippen molar-refractivity contribution in [3.63, 3.8) is 0 Å². The van der Waals surface area contributed by atoms with E-state index in [9.17, 15) is 4.79 Å². The second kappa shape index (κ2) is 7.01. The Bertz CT molecular complexity index is 990. The number of thiazole rings is 1. The predicted octanol–water partition coefficient (Wildman–Crippen LogP) is 4.38. The smallest absolute Gasteiger partial charge is 0.410 e. The zero-order chi connectivity index (χ0) is 19.9. The number of hydrogen-bond acceptors (Lipinski definition) is 6. The maximum absolute atomic E-state index is 12.5. The molecule has 0 radical (unpaired) electrons. The molecular formula is C20H23N5O2S. The molecule has 2 aromatic heterocycles. The van der Waals surface area contributed by atoms with Gasteiger partial charge in [0.1, 0.15) is 16.3 Å². The van der Waals surface area contributed by atoms with Crippen LogP contribution in [0, 0.1) is 0 Å². The molecule has 1 aliphatic rings. The van der Waals surface area contributed by atoms with Gasteiger partial charge >= 0.3 is 6.09 Å². The number of fused-ring (bicyclic) bond motifs is 1. The van der Waals surface area contributed by atoms with E-state index in [2.05, 4.69) is 14.8 Å². The molecule has 0 bridgehead atoms. The number of aromatic nitrogens is 4. The molecule has 1 aromatic carbocycles. The van der Waals surface area contributed by atoms with Crippen LogP contribution in [0.1, 0.15) is 39.6 Å². The molecule has 8 heteroatoms.